The number of guanidine groups is 1. The van der Waals surface area contributed by atoms with Crippen molar-refractivity contribution in [3.05, 3.63) is 24.3 Å². The van der Waals surface area contributed by atoms with Crippen LogP contribution in [0.4, 0.5) is 18.9 Å². The van der Waals surface area contributed by atoms with Crippen LogP contribution in [0.2, 0.25) is 0 Å². The number of para-hydroxylation sites is 2. The Morgan fingerprint density at radius 1 is 1.14 bits per heavy atom. The van der Waals surface area contributed by atoms with Gasteiger partial charge in [0.1, 0.15) is 5.75 Å². The van der Waals surface area contributed by atoms with Gasteiger partial charge >= 0.3 is 6.18 Å². The second-order valence-corrected chi connectivity index (χ2v) is 6.45. The van der Waals surface area contributed by atoms with Crippen LogP contribution in [0.15, 0.2) is 29.3 Å². The molecule has 9 heteroatoms. The van der Waals surface area contributed by atoms with Gasteiger partial charge in [0.2, 0.25) is 0 Å². The van der Waals surface area contributed by atoms with Crippen molar-refractivity contribution in [1.82, 2.24) is 10.2 Å². The Balaban J connectivity index is 0.00000392. The monoisotopic (exact) mass is 514 g/mol. The molecule has 5 nitrogen and oxygen atoms in total. The minimum atomic E-state index is -4.08. The average molecular weight is 514 g/mol. The third kappa shape index (κ3) is 7.92. The summed E-state index contributed by atoms with van der Waals surface area (Å²) in [6, 6.07) is 7.95. The predicted octanol–water partition coefficient (Wildman–Crippen LogP) is 4.13. The van der Waals surface area contributed by atoms with Crippen molar-refractivity contribution in [2.24, 2.45) is 4.99 Å². The summed E-state index contributed by atoms with van der Waals surface area (Å²) in [5.74, 6) is 1.64. The van der Waals surface area contributed by atoms with Crippen LogP contribution in [0.3, 0.4) is 0 Å². The molecule has 160 valence electrons. The van der Waals surface area contributed by atoms with Gasteiger partial charge in [-0.2, -0.15) is 13.2 Å². The van der Waals surface area contributed by atoms with Gasteiger partial charge in [0, 0.05) is 45.7 Å². The maximum atomic E-state index is 12.2. The molecule has 0 aliphatic carbocycles. The number of anilines is 1. The topological polar surface area (TPSA) is 40.1 Å². The highest BCUT2D eigenvalue weighted by molar-refractivity contribution is 14.0. The minimum absolute atomic E-state index is 0. The number of aliphatic imine (C=N–C) groups is 1. The van der Waals surface area contributed by atoms with Crippen LogP contribution in [0.5, 0.6) is 5.75 Å². The lowest BCUT2D eigenvalue weighted by Gasteiger charge is -2.38. The van der Waals surface area contributed by atoms with Crippen LogP contribution in [-0.2, 0) is 0 Å². The summed E-state index contributed by atoms with van der Waals surface area (Å²) in [6.45, 7) is 6.39. The van der Waals surface area contributed by atoms with Crippen LogP contribution in [0, 0.1) is 0 Å². The van der Waals surface area contributed by atoms with E-state index in [1.807, 2.05) is 25.1 Å². The van der Waals surface area contributed by atoms with E-state index < -0.39 is 12.6 Å². The van der Waals surface area contributed by atoms with Gasteiger partial charge in [0.25, 0.3) is 0 Å². The zero-order chi connectivity index (χ0) is 19.7. The predicted molar refractivity (Wildman–Crippen MR) is 118 cm³/mol. The molecule has 0 bridgehead atoms. The first-order chi connectivity index (χ1) is 12.9. The molecule has 0 atom stereocenters. The number of alkyl halides is 3. The van der Waals surface area contributed by atoms with Gasteiger partial charge in [-0.3, -0.25) is 4.99 Å². The highest BCUT2D eigenvalue weighted by Gasteiger charge is 2.26. The van der Waals surface area contributed by atoms with E-state index in [4.69, 9.17) is 4.74 Å². The van der Waals surface area contributed by atoms with Crippen molar-refractivity contribution in [2.45, 2.75) is 32.4 Å². The lowest BCUT2D eigenvalue weighted by atomic mass is 10.2. The number of methoxy groups -OCH3 is 1. The molecular weight excluding hydrogens is 484 g/mol. The molecule has 0 unspecified atom stereocenters. The van der Waals surface area contributed by atoms with E-state index in [1.54, 1.807) is 7.11 Å². The van der Waals surface area contributed by atoms with E-state index in [0.29, 0.717) is 13.0 Å². The molecule has 1 aromatic carbocycles. The standard InChI is InChI=1S/C19H29F3N4O.HI/c1-3-23-18(24-11-7-6-10-19(20,21)22)26-14-12-25(13-15-26)16-8-4-5-9-17(16)27-2;/h4-5,8-9H,3,6-7,10-15H2,1-2H3,(H,23,24);1H. The van der Waals surface area contributed by atoms with Crippen LogP contribution < -0.4 is 15.0 Å². The molecule has 1 heterocycles. The van der Waals surface area contributed by atoms with Crippen LogP contribution in [0.1, 0.15) is 26.2 Å². The van der Waals surface area contributed by atoms with E-state index in [2.05, 4.69) is 26.2 Å². The molecule has 0 amide bonds. The number of piperazine rings is 1. The third-order valence-corrected chi connectivity index (χ3v) is 4.47. The Hall–Kier alpha value is -1.39. The number of nitrogens with one attached hydrogen (secondary N) is 1. The van der Waals surface area contributed by atoms with Crippen molar-refractivity contribution in [3.8, 4) is 5.75 Å². The normalized spacial score (nSPS) is 15.2. The lowest BCUT2D eigenvalue weighted by molar-refractivity contribution is -0.135. The summed E-state index contributed by atoms with van der Waals surface area (Å²) in [6.07, 6.45) is -4.26. The van der Waals surface area contributed by atoms with E-state index in [1.165, 1.54) is 0 Å². The average Bonchev–Trinajstić information content (AvgIpc) is 2.66. The fourth-order valence-corrected chi connectivity index (χ4v) is 3.10. The van der Waals surface area contributed by atoms with Gasteiger partial charge in [0.15, 0.2) is 5.96 Å². The molecule has 0 spiro atoms. The van der Waals surface area contributed by atoms with E-state index in [-0.39, 0.29) is 30.4 Å². The van der Waals surface area contributed by atoms with Gasteiger partial charge in [-0.15, -0.1) is 24.0 Å². The van der Waals surface area contributed by atoms with E-state index >= 15 is 0 Å². The minimum Gasteiger partial charge on any atom is -0.495 e. The van der Waals surface area contributed by atoms with Crippen LogP contribution >= 0.6 is 24.0 Å². The summed E-state index contributed by atoms with van der Waals surface area (Å²) >= 11 is 0. The van der Waals surface area contributed by atoms with Gasteiger partial charge < -0.3 is 19.9 Å². The number of benzene rings is 1. The number of hydrogen-bond donors (Lipinski definition) is 1. The summed E-state index contributed by atoms with van der Waals surface area (Å²) in [4.78, 5) is 8.95. The zero-order valence-electron chi connectivity index (χ0n) is 16.5. The first-order valence-corrected chi connectivity index (χ1v) is 9.42. The smallest absolute Gasteiger partial charge is 0.389 e. The van der Waals surface area contributed by atoms with Gasteiger partial charge in [-0.1, -0.05) is 12.1 Å². The molecule has 2 rings (SSSR count). The fraction of sp³-hybridized carbons (Fsp3) is 0.632. The molecule has 1 aliphatic heterocycles. The Kier molecular flexibility index (Phi) is 10.8. The number of ether oxygens (including phenoxy) is 1. The maximum absolute atomic E-state index is 12.2. The first-order valence-electron chi connectivity index (χ1n) is 9.42. The Bertz CT molecular complexity index is 605. The van der Waals surface area contributed by atoms with Crippen LogP contribution in [0.25, 0.3) is 0 Å². The quantitative estimate of drug-likeness (QED) is 0.257. The zero-order valence-corrected chi connectivity index (χ0v) is 18.8. The number of unbranched alkanes of at least 4 members (excludes halogenated alkanes) is 1. The molecular formula is C19H30F3IN4O. The molecule has 1 aliphatic rings. The van der Waals surface area contributed by atoms with Crippen molar-refractivity contribution in [1.29, 1.82) is 0 Å². The third-order valence-electron chi connectivity index (χ3n) is 4.47. The second-order valence-electron chi connectivity index (χ2n) is 6.45. The summed E-state index contributed by atoms with van der Waals surface area (Å²) in [5, 5.41) is 3.25. The largest absolute Gasteiger partial charge is 0.495 e. The Morgan fingerprint density at radius 2 is 1.82 bits per heavy atom. The highest BCUT2D eigenvalue weighted by atomic mass is 127. The van der Waals surface area contributed by atoms with Crippen molar-refractivity contribution < 1.29 is 17.9 Å². The summed E-state index contributed by atoms with van der Waals surface area (Å²) < 4.78 is 42.1. The number of rotatable bonds is 7. The highest BCUT2D eigenvalue weighted by Crippen LogP contribution is 2.28. The molecule has 1 fully saturated rings. The molecule has 1 aromatic rings. The maximum Gasteiger partial charge on any atom is 0.389 e. The van der Waals surface area contributed by atoms with Crippen molar-refractivity contribution in [2.75, 3.05) is 51.3 Å². The Labute approximate surface area is 182 Å². The van der Waals surface area contributed by atoms with Gasteiger partial charge in [0.05, 0.1) is 12.8 Å². The summed E-state index contributed by atoms with van der Waals surface area (Å²) in [5.41, 5.74) is 1.08. The lowest BCUT2D eigenvalue weighted by Crippen LogP contribution is -2.52. The number of halogens is 4. The van der Waals surface area contributed by atoms with Crippen molar-refractivity contribution in [3.63, 3.8) is 0 Å². The summed E-state index contributed by atoms with van der Waals surface area (Å²) in [7, 11) is 1.67. The van der Waals surface area contributed by atoms with Gasteiger partial charge in [-0.05, 0) is 31.9 Å². The van der Waals surface area contributed by atoms with E-state index in [0.717, 1.165) is 50.1 Å². The molecule has 1 saturated heterocycles. The molecule has 28 heavy (non-hydrogen) atoms. The molecule has 0 aromatic heterocycles. The molecule has 0 radical (unpaired) electrons. The SMILES string of the molecule is CCNC(=NCCCCC(F)(F)F)N1CCN(c2ccccc2OC)CC1.I. The molecule has 1 N–H and O–H groups in total. The number of nitrogens with zero attached hydrogens (tertiary/aromatic N) is 3. The second kappa shape index (κ2) is 12.2. The first kappa shape index (κ1) is 24.6. The van der Waals surface area contributed by atoms with Crippen LogP contribution in [-0.4, -0.2) is 63.4 Å². The van der Waals surface area contributed by atoms with Crippen molar-refractivity contribution >= 4 is 35.6 Å². The molecule has 0 saturated carbocycles. The Morgan fingerprint density at radius 3 is 2.43 bits per heavy atom. The van der Waals surface area contributed by atoms with E-state index in [9.17, 15) is 13.2 Å². The van der Waals surface area contributed by atoms with Gasteiger partial charge in [-0.25, -0.2) is 0 Å². The number of hydrogen-bond acceptors (Lipinski definition) is 3. The fourth-order valence-electron chi connectivity index (χ4n) is 3.10.